The fraction of sp³-hybridized carbons (Fsp3) is 0.588. The molecule has 0 atom stereocenters. The number of amides is 1. The van der Waals surface area contributed by atoms with E-state index in [9.17, 15) is 4.79 Å². The smallest absolute Gasteiger partial charge is 0.230 e. The van der Waals surface area contributed by atoms with Crippen molar-refractivity contribution in [2.75, 3.05) is 6.61 Å². The van der Waals surface area contributed by atoms with Gasteiger partial charge in [-0.1, -0.05) is 30.3 Å². The molecule has 108 valence electrons. The van der Waals surface area contributed by atoms with Crippen molar-refractivity contribution < 1.29 is 9.90 Å². The fourth-order valence-electron chi connectivity index (χ4n) is 3.34. The van der Waals surface area contributed by atoms with E-state index in [1.54, 1.807) is 0 Å². The quantitative estimate of drug-likeness (QED) is 0.885. The largest absolute Gasteiger partial charge is 0.396 e. The van der Waals surface area contributed by atoms with Crippen LogP contribution in [0.3, 0.4) is 0 Å². The Balaban J connectivity index is 1.60. The second kappa shape index (κ2) is 5.57. The normalized spacial score (nSPS) is 27.9. The van der Waals surface area contributed by atoms with Crippen LogP contribution in [0.1, 0.15) is 44.1 Å². The van der Waals surface area contributed by atoms with Crippen molar-refractivity contribution in [1.29, 1.82) is 0 Å². The SMILES string of the molecule is O=C(NC1CCC(CO)CC1)C1(c2ccccc2)CC1. The predicted molar refractivity (Wildman–Crippen MR) is 78.3 cm³/mol. The summed E-state index contributed by atoms with van der Waals surface area (Å²) in [5, 5.41) is 12.4. The molecule has 2 fully saturated rings. The van der Waals surface area contributed by atoms with Gasteiger partial charge in [0.05, 0.1) is 5.41 Å². The first-order valence-corrected chi connectivity index (χ1v) is 7.72. The highest BCUT2D eigenvalue weighted by Crippen LogP contribution is 2.48. The zero-order valence-corrected chi connectivity index (χ0v) is 11.8. The molecule has 1 amide bonds. The highest BCUT2D eigenvalue weighted by Gasteiger charge is 2.51. The Kier molecular flexibility index (Phi) is 3.79. The van der Waals surface area contributed by atoms with Crippen molar-refractivity contribution >= 4 is 5.91 Å². The van der Waals surface area contributed by atoms with Gasteiger partial charge in [0.2, 0.25) is 5.91 Å². The fourth-order valence-corrected chi connectivity index (χ4v) is 3.34. The van der Waals surface area contributed by atoms with E-state index in [1.165, 1.54) is 0 Å². The number of aliphatic hydroxyl groups is 1. The van der Waals surface area contributed by atoms with Gasteiger partial charge in [-0.3, -0.25) is 4.79 Å². The number of carbonyl (C=O) groups is 1. The number of aliphatic hydroxyl groups excluding tert-OH is 1. The molecular weight excluding hydrogens is 250 g/mol. The lowest BCUT2D eigenvalue weighted by Crippen LogP contribution is -2.43. The molecule has 0 spiro atoms. The summed E-state index contributed by atoms with van der Waals surface area (Å²) in [6, 6.07) is 10.4. The van der Waals surface area contributed by atoms with Crippen molar-refractivity contribution in [3.8, 4) is 0 Å². The van der Waals surface area contributed by atoms with Crippen LogP contribution in [0.25, 0.3) is 0 Å². The van der Waals surface area contributed by atoms with Gasteiger partial charge in [0.25, 0.3) is 0 Å². The summed E-state index contributed by atoms with van der Waals surface area (Å²) in [6.45, 7) is 0.286. The maximum absolute atomic E-state index is 12.6. The number of hydrogen-bond donors (Lipinski definition) is 2. The molecule has 3 rings (SSSR count). The zero-order chi connectivity index (χ0) is 14.0. The number of hydrogen-bond acceptors (Lipinski definition) is 2. The van der Waals surface area contributed by atoms with Gasteiger partial charge >= 0.3 is 0 Å². The third kappa shape index (κ3) is 2.59. The molecule has 0 heterocycles. The second-order valence-corrected chi connectivity index (χ2v) is 6.32. The summed E-state index contributed by atoms with van der Waals surface area (Å²) in [4.78, 5) is 12.6. The maximum Gasteiger partial charge on any atom is 0.230 e. The Morgan fingerprint density at radius 1 is 1.15 bits per heavy atom. The van der Waals surface area contributed by atoms with Gasteiger partial charge < -0.3 is 10.4 Å². The number of rotatable bonds is 4. The highest BCUT2D eigenvalue weighted by atomic mass is 16.3. The Labute approximate surface area is 120 Å². The van der Waals surface area contributed by atoms with Gasteiger partial charge in [0.15, 0.2) is 0 Å². The van der Waals surface area contributed by atoms with E-state index >= 15 is 0 Å². The van der Waals surface area contributed by atoms with E-state index in [0.29, 0.717) is 12.0 Å². The molecule has 0 unspecified atom stereocenters. The van der Waals surface area contributed by atoms with Crippen LogP contribution >= 0.6 is 0 Å². The Morgan fingerprint density at radius 3 is 2.35 bits per heavy atom. The summed E-state index contributed by atoms with van der Waals surface area (Å²) in [5.74, 6) is 0.642. The van der Waals surface area contributed by atoms with Crippen LogP contribution in [-0.4, -0.2) is 23.7 Å². The molecule has 20 heavy (non-hydrogen) atoms. The minimum absolute atomic E-state index is 0.205. The van der Waals surface area contributed by atoms with Gasteiger partial charge in [-0.2, -0.15) is 0 Å². The van der Waals surface area contributed by atoms with E-state index in [0.717, 1.165) is 44.1 Å². The van der Waals surface area contributed by atoms with Crippen molar-refractivity contribution in [2.24, 2.45) is 5.92 Å². The van der Waals surface area contributed by atoms with Crippen molar-refractivity contribution in [1.82, 2.24) is 5.32 Å². The predicted octanol–water partition coefficient (Wildman–Crippen LogP) is 2.39. The minimum Gasteiger partial charge on any atom is -0.396 e. The molecule has 0 aliphatic heterocycles. The molecule has 0 radical (unpaired) electrons. The molecule has 2 aliphatic rings. The molecule has 1 aromatic rings. The summed E-state index contributed by atoms with van der Waals surface area (Å²) in [5.41, 5.74) is 0.899. The van der Waals surface area contributed by atoms with E-state index in [2.05, 4.69) is 17.4 Å². The highest BCUT2D eigenvalue weighted by molar-refractivity contribution is 5.91. The molecule has 3 heteroatoms. The van der Waals surface area contributed by atoms with Gasteiger partial charge in [0.1, 0.15) is 0 Å². The average Bonchev–Trinajstić information content (AvgIpc) is 3.31. The van der Waals surface area contributed by atoms with Gasteiger partial charge in [-0.05, 0) is 50.0 Å². The van der Waals surface area contributed by atoms with Gasteiger partial charge in [-0.25, -0.2) is 0 Å². The summed E-state index contributed by atoms with van der Waals surface area (Å²) >= 11 is 0. The third-order valence-electron chi connectivity index (χ3n) is 4.95. The van der Waals surface area contributed by atoms with Crippen LogP contribution in [0.2, 0.25) is 0 Å². The van der Waals surface area contributed by atoms with Crippen molar-refractivity contribution in [3.63, 3.8) is 0 Å². The maximum atomic E-state index is 12.6. The van der Waals surface area contributed by atoms with Crippen molar-refractivity contribution in [3.05, 3.63) is 35.9 Å². The molecule has 1 aromatic carbocycles. The molecule has 0 aromatic heterocycles. The first-order valence-electron chi connectivity index (χ1n) is 7.72. The summed E-state index contributed by atoms with van der Waals surface area (Å²) in [7, 11) is 0. The third-order valence-corrected chi connectivity index (χ3v) is 4.95. The van der Waals surface area contributed by atoms with Crippen LogP contribution in [0.4, 0.5) is 0 Å². The lowest BCUT2D eigenvalue weighted by atomic mass is 9.86. The topological polar surface area (TPSA) is 49.3 Å². The lowest BCUT2D eigenvalue weighted by Gasteiger charge is -2.29. The van der Waals surface area contributed by atoms with Crippen LogP contribution in [-0.2, 0) is 10.2 Å². The van der Waals surface area contributed by atoms with Gasteiger partial charge in [0, 0.05) is 12.6 Å². The summed E-state index contributed by atoms with van der Waals surface area (Å²) in [6.07, 6.45) is 5.99. The monoisotopic (exact) mass is 273 g/mol. The van der Waals surface area contributed by atoms with Crippen LogP contribution < -0.4 is 5.32 Å². The van der Waals surface area contributed by atoms with Crippen LogP contribution in [0, 0.1) is 5.92 Å². The molecule has 2 N–H and O–H groups in total. The molecule has 2 aliphatic carbocycles. The first kappa shape index (κ1) is 13.6. The molecule has 0 bridgehead atoms. The number of nitrogens with one attached hydrogen (secondary N) is 1. The molecule has 2 saturated carbocycles. The molecule has 0 saturated heterocycles. The Morgan fingerprint density at radius 2 is 1.80 bits per heavy atom. The Bertz CT molecular complexity index is 459. The van der Waals surface area contributed by atoms with E-state index in [1.807, 2.05) is 18.2 Å². The second-order valence-electron chi connectivity index (χ2n) is 6.32. The number of benzene rings is 1. The van der Waals surface area contributed by atoms with E-state index < -0.39 is 0 Å². The minimum atomic E-state index is -0.255. The first-order chi connectivity index (χ1) is 9.74. The van der Waals surface area contributed by atoms with Gasteiger partial charge in [-0.15, -0.1) is 0 Å². The molecule has 3 nitrogen and oxygen atoms in total. The van der Waals surface area contributed by atoms with E-state index in [4.69, 9.17) is 5.11 Å². The summed E-state index contributed by atoms with van der Waals surface area (Å²) < 4.78 is 0. The van der Waals surface area contributed by atoms with Crippen LogP contribution in [0.15, 0.2) is 30.3 Å². The zero-order valence-electron chi connectivity index (χ0n) is 11.8. The average molecular weight is 273 g/mol. The number of carbonyl (C=O) groups excluding carboxylic acids is 1. The molecular formula is C17H23NO2. The van der Waals surface area contributed by atoms with E-state index in [-0.39, 0.29) is 17.9 Å². The van der Waals surface area contributed by atoms with Crippen molar-refractivity contribution in [2.45, 2.75) is 50.0 Å². The standard InChI is InChI=1S/C17H23NO2/c19-12-13-6-8-15(9-7-13)18-16(20)17(10-11-17)14-4-2-1-3-5-14/h1-5,13,15,19H,6-12H2,(H,18,20). The Hall–Kier alpha value is -1.35. The lowest BCUT2D eigenvalue weighted by molar-refractivity contribution is -0.124. The van der Waals surface area contributed by atoms with Crippen LogP contribution in [0.5, 0.6) is 0 Å².